The molecule has 1 heterocycles. The number of nitrogens with zero attached hydrogens (tertiary/aromatic N) is 2. The molecule has 6 heteroatoms. The highest BCUT2D eigenvalue weighted by Gasteiger charge is 2.10. The van der Waals surface area contributed by atoms with Crippen LogP contribution in [0.1, 0.15) is 19.7 Å². The maximum Gasteiger partial charge on any atom is 0.258 e. The van der Waals surface area contributed by atoms with Crippen molar-refractivity contribution in [2.24, 2.45) is 0 Å². The standard InChI is InChI=1S/C12H14ClN3OS/c1-7(2)18-6-11-15-12(17-16-11)8-3-9(13)5-10(14)4-8/h3-5,7H,6,14H2,1-2H3. The summed E-state index contributed by atoms with van der Waals surface area (Å²) in [6.45, 7) is 4.26. The highest BCUT2D eigenvalue weighted by Crippen LogP contribution is 2.25. The summed E-state index contributed by atoms with van der Waals surface area (Å²) in [7, 11) is 0. The molecule has 4 nitrogen and oxygen atoms in total. The van der Waals surface area contributed by atoms with Crippen molar-refractivity contribution >= 4 is 29.1 Å². The molecule has 2 aromatic rings. The number of nitrogen functional groups attached to an aromatic ring is 1. The van der Waals surface area contributed by atoms with Crippen LogP contribution in [-0.2, 0) is 5.75 Å². The summed E-state index contributed by atoms with van der Waals surface area (Å²) in [5, 5.41) is 5.03. The van der Waals surface area contributed by atoms with Crippen LogP contribution in [0.2, 0.25) is 5.02 Å². The van der Waals surface area contributed by atoms with E-state index in [1.165, 1.54) is 0 Å². The zero-order valence-corrected chi connectivity index (χ0v) is 11.8. The number of halogens is 1. The van der Waals surface area contributed by atoms with E-state index in [-0.39, 0.29) is 0 Å². The SMILES string of the molecule is CC(C)SCc1noc(-c2cc(N)cc(Cl)c2)n1. The molecule has 0 aliphatic carbocycles. The molecule has 0 aliphatic heterocycles. The highest BCUT2D eigenvalue weighted by atomic mass is 35.5. The van der Waals surface area contributed by atoms with Crippen molar-refractivity contribution in [1.29, 1.82) is 0 Å². The molecule has 0 saturated carbocycles. The zero-order chi connectivity index (χ0) is 13.1. The van der Waals surface area contributed by atoms with Crippen LogP contribution in [0.25, 0.3) is 11.5 Å². The highest BCUT2D eigenvalue weighted by molar-refractivity contribution is 7.99. The number of anilines is 1. The van der Waals surface area contributed by atoms with Gasteiger partial charge >= 0.3 is 0 Å². The minimum absolute atomic E-state index is 0.448. The van der Waals surface area contributed by atoms with Gasteiger partial charge in [0.2, 0.25) is 0 Å². The van der Waals surface area contributed by atoms with E-state index in [4.69, 9.17) is 21.9 Å². The van der Waals surface area contributed by atoms with Gasteiger partial charge in [-0.3, -0.25) is 0 Å². The van der Waals surface area contributed by atoms with Crippen molar-refractivity contribution in [3.8, 4) is 11.5 Å². The molecule has 0 aliphatic rings. The van der Waals surface area contributed by atoms with Crippen LogP contribution in [0.15, 0.2) is 22.7 Å². The lowest BCUT2D eigenvalue weighted by Crippen LogP contribution is -1.91. The first kappa shape index (κ1) is 13.2. The third kappa shape index (κ3) is 3.40. The average molecular weight is 284 g/mol. The molecule has 2 N–H and O–H groups in total. The molecule has 0 unspecified atom stereocenters. The van der Waals surface area contributed by atoms with Crippen LogP contribution in [0, 0.1) is 0 Å². The molecule has 1 aromatic carbocycles. The molecule has 0 bridgehead atoms. The first-order valence-electron chi connectivity index (χ1n) is 5.55. The molecule has 0 saturated heterocycles. The summed E-state index contributed by atoms with van der Waals surface area (Å²) >= 11 is 7.70. The smallest absolute Gasteiger partial charge is 0.258 e. The van der Waals surface area contributed by atoms with Gasteiger partial charge in [0.1, 0.15) is 0 Å². The lowest BCUT2D eigenvalue weighted by Gasteiger charge is -1.99. The summed E-state index contributed by atoms with van der Waals surface area (Å²) in [6, 6.07) is 5.19. The Morgan fingerprint density at radius 3 is 2.83 bits per heavy atom. The Morgan fingerprint density at radius 1 is 1.39 bits per heavy atom. The summed E-state index contributed by atoms with van der Waals surface area (Å²) in [5.41, 5.74) is 7.04. The molecule has 18 heavy (non-hydrogen) atoms. The van der Waals surface area contributed by atoms with E-state index < -0.39 is 0 Å². The van der Waals surface area contributed by atoms with Gasteiger partial charge in [0, 0.05) is 16.3 Å². The predicted octanol–water partition coefficient (Wildman–Crippen LogP) is 3.61. The van der Waals surface area contributed by atoms with Gasteiger partial charge in [0.25, 0.3) is 5.89 Å². The van der Waals surface area contributed by atoms with E-state index in [1.807, 2.05) is 0 Å². The van der Waals surface area contributed by atoms with Crippen molar-refractivity contribution in [3.63, 3.8) is 0 Å². The van der Waals surface area contributed by atoms with Crippen LogP contribution < -0.4 is 5.73 Å². The van der Waals surface area contributed by atoms with E-state index in [0.29, 0.717) is 27.7 Å². The molecular weight excluding hydrogens is 270 g/mol. The number of rotatable bonds is 4. The first-order valence-corrected chi connectivity index (χ1v) is 6.98. The molecule has 0 radical (unpaired) electrons. The van der Waals surface area contributed by atoms with Crippen molar-refractivity contribution in [3.05, 3.63) is 29.0 Å². The summed E-state index contributed by atoms with van der Waals surface area (Å²) in [6.07, 6.45) is 0. The molecule has 0 atom stereocenters. The fourth-order valence-corrected chi connectivity index (χ4v) is 2.25. The fraction of sp³-hybridized carbons (Fsp3) is 0.333. The minimum Gasteiger partial charge on any atom is -0.399 e. The number of thioether (sulfide) groups is 1. The first-order chi connectivity index (χ1) is 8.54. The lowest BCUT2D eigenvalue weighted by molar-refractivity contribution is 0.425. The van der Waals surface area contributed by atoms with Gasteiger partial charge in [-0.15, -0.1) is 0 Å². The summed E-state index contributed by atoms with van der Waals surface area (Å²) < 4.78 is 5.20. The van der Waals surface area contributed by atoms with E-state index in [2.05, 4.69) is 24.0 Å². The third-order valence-corrected chi connectivity index (χ3v) is 3.49. The van der Waals surface area contributed by atoms with Crippen LogP contribution in [-0.4, -0.2) is 15.4 Å². The Morgan fingerprint density at radius 2 is 2.17 bits per heavy atom. The maximum atomic E-state index is 5.94. The van der Waals surface area contributed by atoms with Gasteiger partial charge in [-0.25, -0.2) is 0 Å². The van der Waals surface area contributed by atoms with Gasteiger partial charge in [-0.2, -0.15) is 16.7 Å². The number of hydrogen-bond acceptors (Lipinski definition) is 5. The molecule has 0 fully saturated rings. The Hall–Kier alpha value is -1.20. The summed E-state index contributed by atoms with van der Waals surface area (Å²) in [4.78, 5) is 4.32. The Bertz CT molecular complexity index is 522. The Balaban J connectivity index is 2.18. The van der Waals surface area contributed by atoms with Crippen molar-refractivity contribution < 1.29 is 4.52 Å². The van der Waals surface area contributed by atoms with Gasteiger partial charge in [-0.1, -0.05) is 30.6 Å². The fourth-order valence-electron chi connectivity index (χ4n) is 1.41. The van der Waals surface area contributed by atoms with Crippen LogP contribution in [0.3, 0.4) is 0 Å². The monoisotopic (exact) mass is 283 g/mol. The normalized spacial score (nSPS) is 11.1. The van der Waals surface area contributed by atoms with Gasteiger partial charge in [0.15, 0.2) is 5.82 Å². The largest absolute Gasteiger partial charge is 0.399 e. The molecule has 1 aromatic heterocycles. The predicted molar refractivity (Wildman–Crippen MR) is 75.6 cm³/mol. The van der Waals surface area contributed by atoms with Crippen molar-refractivity contribution in [1.82, 2.24) is 10.1 Å². The van der Waals surface area contributed by atoms with E-state index in [0.717, 1.165) is 11.3 Å². The Labute approximate surface area is 115 Å². The molecule has 2 rings (SSSR count). The number of benzene rings is 1. The Kier molecular flexibility index (Phi) is 4.14. The molecule has 0 spiro atoms. The molecular formula is C12H14ClN3OS. The maximum absolute atomic E-state index is 5.94. The van der Waals surface area contributed by atoms with Crippen LogP contribution in [0.5, 0.6) is 0 Å². The second kappa shape index (κ2) is 5.63. The molecule has 0 amide bonds. The number of aromatic nitrogens is 2. The van der Waals surface area contributed by atoms with Crippen molar-refractivity contribution in [2.75, 3.05) is 5.73 Å². The minimum atomic E-state index is 0.448. The van der Waals surface area contributed by atoms with Crippen molar-refractivity contribution in [2.45, 2.75) is 24.9 Å². The van der Waals surface area contributed by atoms with E-state index >= 15 is 0 Å². The van der Waals surface area contributed by atoms with Gasteiger partial charge in [0.05, 0.1) is 5.75 Å². The van der Waals surface area contributed by atoms with E-state index in [9.17, 15) is 0 Å². The summed E-state index contributed by atoms with van der Waals surface area (Å²) in [5.74, 6) is 1.86. The van der Waals surface area contributed by atoms with Crippen LogP contribution >= 0.6 is 23.4 Å². The second-order valence-electron chi connectivity index (χ2n) is 4.15. The zero-order valence-electron chi connectivity index (χ0n) is 10.2. The second-order valence-corrected chi connectivity index (χ2v) is 6.15. The third-order valence-electron chi connectivity index (χ3n) is 2.18. The lowest BCUT2D eigenvalue weighted by atomic mass is 10.2. The number of hydrogen-bond donors (Lipinski definition) is 1. The average Bonchev–Trinajstić information content (AvgIpc) is 2.73. The van der Waals surface area contributed by atoms with E-state index in [1.54, 1.807) is 30.0 Å². The van der Waals surface area contributed by atoms with Gasteiger partial charge in [-0.05, 0) is 23.4 Å². The van der Waals surface area contributed by atoms with Gasteiger partial charge < -0.3 is 10.3 Å². The quantitative estimate of drug-likeness (QED) is 0.868. The topological polar surface area (TPSA) is 64.9 Å². The number of nitrogens with two attached hydrogens (primary N) is 1. The molecule has 96 valence electrons. The van der Waals surface area contributed by atoms with Crippen LogP contribution in [0.4, 0.5) is 5.69 Å².